The van der Waals surface area contributed by atoms with Gasteiger partial charge < -0.3 is 10.2 Å². The number of carbonyl (C=O) groups is 2. The topological polar surface area (TPSA) is 49.4 Å². The van der Waals surface area contributed by atoms with Gasteiger partial charge in [0.05, 0.1) is 5.56 Å². The molecule has 1 heterocycles. The molecular formula is C13H14ClIN2O2. The van der Waals surface area contributed by atoms with Crippen LogP contribution in [0.4, 0.5) is 0 Å². The minimum Gasteiger partial charge on any atom is -0.357 e. The number of carbonyl (C=O) groups excluding carboxylic acids is 2. The Hall–Kier alpha value is -0.820. The monoisotopic (exact) mass is 392 g/mol. The first-order chi connectivity index (χ1) is 9.04. The van der Waals surface area contributed by atoms with Crippen LogP contribution in [-0.4, -0.2) is 36.3 Å². The van der Waals surface area contributed by atoms with E-state index in [9.17, 15) is 9.59 Å². The fourth-order valence-electron chi connectivity index (χ4n) is 2.27. The van der Waals surface area contributed by atoms with Crippen molar-refractivity contribution in [2.24, 2.45) is 0 Å². The van der Waals surface area contributed by atoms with Crippen molar-refractivity contribution in [3.63, 3.8) is 0 Å². The predicted molar refractivity (Wildman–Crippen MR) is 82.3 cm³/mol. The van der Waals surface area contributed by atoms with E-state index in [2.05, 4.69) is 27.9 Å². The lowest BCUT2D eigenvalue weighted by Crippen LogP contribution is -2.45. The molecule has 102 valence electrons. The van der Waals surface area contributed by atoms with Gasteiger partial charge in [0.2, 0.25) is 5.91 Å². The summed E-state index contributed by atoms with van der Waals surface area (Å²) in [6, 6.07) is 4.85. The van der Waals surface area contributed by atoms with Gasteiger partial charge in [0.1, 0.15) is 6.04 Å². The molecule has 1 atom stereocenters. The highest BCUT2D eigenvalue weighted by Crippen LogP contribution is 2.24. The summed E-state index contributed by atoms with van der Waals surface area (Å²) in [6.45, 7) is 0.611. The molecule has 0 aliphatic carbocycles. The molecule has 0 radical (unpaired) electrons. The fraction of sp³-hybridized carbons (Fsp3) is 0.385. The van der Waals surface area contributed by atoms with Crippen molar-refractivity contribution in [2.45, 2.75) is 18.9 Å². The molecule has 1 aliphatic heterocycles. The quantitative estimate of drug-likeness (QED) is 0.785. The highest BCUT2D eigenvalue weighted by atomic mass is 127. The predicted octanol–water partition coefficient (Wildman–Crippen LogP) is 2.30. The van der Waals surface area contributed by atoms with Gasteiger partial charge in [-0.1, -0.05) is 11.6 Å². The zero-order chi connectivity index (χ0) is 14.0. The van der Waals surface area contributed by atoms with E-state index in [1.54, 1.807) is 30.1 Å². The summed E-state index contributed by atoms with van der Waals surface area (Å²) in [7, 11) is 1.59. The first-order valence-electron chi connectivity index (χ1n) is 6.02. The Morgan fingerprint density at radius 1 is 1.47 bits per heavy atom. The maximum Gasteiger partial charge on any atom is 0.255 e. The Labute approximate surface area is 130 Å². The molecule has 1 aromatic carbocycles. The normalized spacial score (nSPS) is 18.5. The number of amides is 2. The van der Waals surface area contributed by atoms with Crippen LogP contribution in [0.3, 0.4) is 0 Å². The van der Waals surface area contributed by atoms with Gasteiger partial charge in [-0.3, -0.25) is 9.59 Å². The zero-order valence-electron chi connectivity index (χ0n) is 10.5. The first-order valence-corrected chi connectivity index (χ1v) is 7.48. The molecule has 1 N–H and O–H groups in total. The van der Waals surface area contributed by atoms with Crippen LogP contribution >= 0.6 is 34.2 Å². The van der Waals surface area contributed by atoms with E-state index in [1.165, 1.54) is 0 Å². The third-order valence-corrected chi connectivity index (χ3v) is 4.40. The molecule has 1 fully saturated rings. The van der Waals surface area contributed by atoms with E-state index in [0.29, 0.717) is 23.6 Å². The summed E-state index contributed by atoms with van der Waals surface area (Å²) in [5.74, 6) is -0.235. The Morgan fingerprint density at radius 2 is 2.21 bits per heavy atom. The second-order valence-corrected chi connectivity index (χ2v) is 5.99. The number of nitrogens with one attached hydrogen (secondary N) is 1. The molecule has 2 rings (SSSR count). The number of hydrogen-bond donors (Lipinski definition) is 1. The Kier molecular flexibility index (Phi) is 4.67. The van der Waals surface area contributed by atoms with Crippen LogP contribution < -0.4 is 5.32 Å². The number of benzene rings is 1. The minimum absolute atomic E-state index is 0.108. The van der Waals surface area contributed by atoms with Gasteiger partial charge >= 0.3 is 0 Å². The lowest BCUT2D eigenvalue weighted by molar-refractivity contribution is -0.124. The van der Waals surface area contributed by atoms with Crippen molar-refractivity contribution in [3.05, 3.63) is 32.4 Å². The highest BCUT2D eigenvalue weighted by molar-refractivity contribution is 14.1. The van der Waals surface area contributed by atoms with Crippen molar-refractivity contribution in [2.75, 3.05) is 13.6 Å². The van der Waals surface area contributed by atoms with Crippen LogP contribution in [0, 0.1) is 3.57 Å². The van der Waals surface area contributed by atoms with E-state index in [4.69, 9.17) is 11.6 Å². The number of rotatable bonds is 2. The summed E-state index contributed by atoms with van der Waals surface area (Å²) in [6.07, 6.45) is 1.56. The second kappa shape index (κ2) is 6.09. The van der Waals surface area contributed by atoms with Gasteiger partial charge in [0.15, 0.2) is 0 Å². The van der Waals surface area contributed by atoms with Crippen LogP contribution in [-0.2, 0) is 4.79 Å². The smallest absolute Gasteiger partial charge is 0.255 e. The number of nitrogens with zero attached hydrogens (tertiary/aromatic N) is 1. The second-order valence-electron chi connectivity index (χ2n) is 4.39. The largest absolute Gasteiger partial charge is 0.357 e. The maximum atomic E-state index is 12.5. The summed E-state index contributed by atoms with van der Waals surface area (Å²) < 4.78 is 0.842. The third-order valence-electron chi connectivity index (χ3n) is 3.22. The number of halogens is 2. The summed E-state index contributed by atoms with van der Waals surface area (Å²) >= 11 is 8.05. The van der Waals surface area contributed by atoms with Crippen LogP contribution in [0.25, 0.3) is 0 Å². The fourth-order valence-corrected chi connectivity index (χ4v) is 3.00. The summed E-state index contributed by atoms with van der Waals surface area (Å²) in [4.78, 5) is 25.9. The van der Waals surface area contributed by atoms with Gasteiger partial charge in [0.25, 0.3) is 5.91 Å². The summed E-state index contributed by atoms with van der Waals surface area (Å²) in [5.41, 5.74) is 0.559. The highest BCUT2D eigenvalue weighted by Gasteiger charge is 2.34. The third kappa shape index (κ3) is 3.02. The van der Waals surface area contributed by atoms with Gasteiger partial charge in [-0.15, -0.1) is 0 Å². The van der Waals surface area contributed by atoms with E-state index in [-0.39, 0.29) is 17.9 Å². The average Bonchev–Trinajstić information content (AvgIpc) is 2.89. The molecule has 1 unspecified atom stereocenters. The van der Waals surface area contributed by atoms with Crippen LogP contribution in [0.1, 0.15) is 23.2 Å². The van der Waals surface area contributed by atoms with E-state index in [1.807, 2.05) is 0 Å². The molecule has 2 amide bonds. The maximum absolute atomic E-state index is 12.5. The first kappa shape index (κ1) is 14.6. The molecule has 19 heavy (non-hydrogen) atoms. The molecule has 0 saturated carbocycles. The minimum atomic E-state index is -0.368. The zero-order valence-corrected chi connectivity index (χ0v) is 13.4. The van der Waals surface area contributed by atoms with Crippen molar-refractivity contribution in [1.29, 1.82) is 0 Å². The van der Waals surface area contributed by atoms with Crippen LogP contribution in [0.5, 0.6) is 0 Å². The molecule has 1 aromatic rings. The van der Waals surface area contributed by atoms with Crippen LogP contribution in [0.2, 0.25) is 5.02 Å². The average molecular weight is 393 g/mol. The Morgan fingerprint density at radius 3 is 2.89 bits per heavy atom. The lowest BCUT2D eigenvalue weighted by Gasteiger charge is -2.24. The van der Waals surface area contributed by atoms with Gasteiger partial charge in [-0.25, -0.2) is 0 Å². The van der Waals surface area contributed by atoms with Crippen molar-refractivity contribution >= 4 is 46.0 Å². The van der Waals surface area contributed by atoms with Crippen molar-refractivity contribution < 1.29 is 9.59 Å². The van der Waals surface area contributed by atoms with Crippen LogP contribution in [0.15, 0.2) is 18.2 Å². The Balaban J connectivity index is 2.28. The SMILES string of the molecule is CNC(=O)C1CCCN1C(=O)c1cc(Cl)ccc1I. The van der Waals surface area contributed by atoms with E-state index < -0.39 is 0 Å². The van der Waals surface area contributed by atoms with Crippen molar-refractivity contribution in [3.8, 4) is 0 Å². The van der Waals surface area contributed by atoms with Gasteiger partial charge in [-0.05, 0) is 53.6 Å². The van der Waals surface area contributed by atoms with Gasteiger partial charge in [-0.2, -0.15) is 0 Å². The van der Waals surface area contributed by atoms with Crippen molar-refractivity contribution in [1.82, 2.24) is 10.2 Å². The molecular weight excluding hydrogens is 379 g/mol. The molecule has 0 spiro atoms. The van der Waals surface area contributed by atoms with E-state index >= 15 is 0 Å². The molecule has 0 aromatic heterocycles. The summed E-state index contributed by atoms with van der Waals surface area (Å²) in [5, 5.41) is 3.14. The number of likely N-dealkylation sites (tertiary alicyclic amines) is 1. The van der Waals surface area contributed by atoms with Gasteiger partial charge in [0, 0.05) is 22.2 Å². The molecule has 6 heteroatoms. The Bertz CT molecular complexity index is 521. The molecule has 0 bridgehead atoms. The number of likely N-dealkylation sites (N-methyl/N-ethyl adjacent to an activating group) is 1. The molecule has 1 aliphatic rings. The molecule has 4 nitrogen and oxygen atoms in total. The lowest BCUT2D eigenvalue weighted by atomic mass is 10.1. The standard InChI is InChI=1S/C13H14ClIN2O2/c1-16-12(18)11-3-2-6-17(11)13(19)9-7-8(14)4-5-10(9)15/h4-5,7,11H,2-3,6H2,1H3,(H,16,18). The van der Waals surface area contributed by atoms with E-state index in [0.717, 1.165) is 9.99 Å². The number of hydrogen-bond acceptors (Lipinski definition) is 2. The molecule has 1 saturated heterocycles.